The molecule has 1 aliphatic rings. The minimum atomic E-state index is -3.36. The van der Waals surface area contributed by atoms with E-state index < -0.39 is 6.11 Å². The summed E-state index contributed by atoms with van der Waals surface area (Å²) in [6.07, 6.45) is -2.48. The maximum Gasteiger partial charge on any atom is 0.427 e. The first-order chi connectivity index (χ1) is 12.2. The first-order valence-corrected chi connectivity index (χ1v) is 8.98. The molecule has 0 bridgehead atoms. The van der Waals surface area contributed by atoms with E-state index >= 15 is 0 Å². The van der Waals surface area contributed by atoms with Gasteiger partial charge in [-0.15, -0.1) is 0 Å². The SMILES string of the molecule is CCc1ccc2c3c(ccc2c1)-c1ccc(C(C)(C)C)cc1OC3(F)F. The molecular formula is C23H22F2O. The highest BCUT2D eigenvalue weighted by Crippen LogP contribution is 2.50. The van der Waals surface area contributed by atoms with Gasteiger partial charge in [0.15, 0.2) is 0 Å². The van der Waals surface area contributed by atoms with Crippen LogP contribution in [-0.2, 0) is 17.9 Å². The second-order valence-corrected chi connectivity index (χ2v) is 7.98. The van der Waals surface area contributed by atoms with E-state index in [1.807, 2.05) is 30.3 Å². The lowest BCUT2D eigenvalue weighted by Crippen LogP contribution is -2.27. The van der Waals surface area contributed by atoms with E-state index in [1.165, 1.54) is 0 Å². The molecule has 0 spiro atoms. The first-order valence-electron chi connectivity index (χ1n) is 8.98. The van der Waals surface area contributed by atoms with Gasteiger partial charge in [-0.1, -0.05) is 70.2 Å². The van der Waals surface area contributed by atoms with E-state index in [1.54, 1.807) is 18.2 Å². The minimum absolute atomic E-state index is 0.0336. The van der Waals surface area contributed by atoms with Gasteiger partial charge in [0, 0.05) is 5.56 Å². The van der Waals surface area contributed by atoms with Crippen LogP contribution in [0, 0.1) is 0 Å². The molecule has 1 aliphatic heterocycles. The summed E-state index contributed by atoms with van der Waals surface area (Å²) in [5.41, 5.74) is 3.22. The van der Waals surface area contributed by atoms with Crippen molar-refractivity contribution in [2.75, 3.05) is 0 Å². The van der Waals surface area contributed by atoms with Gasteiger partial charge in [-0.05, 0) is 45.4 Å². The van der Waals surface area contributed by atoms with Crippen LogP contribution in [0.1, 0.15) is 44.4 Å². The third-order valence-electron chi connectivity index (χ3n) is 5.16. The van der Waals surface area contributed by atoms with Crippen molar-refractivity contribution in [3.63, 3.8) is 0 Å². The quantitative estimate of drug-likeness (QED) is 0.467. The molecule has 0 aliphatic carbocycles. The lowest BCUT2D eigenvalue weighted by atomic mass is 9.84. The maximum atomic E-state index is 15.0. The van der Waals surface area contributed by atoms with E-state index in [9.17, 15) is 8.78 Å². The molecule has 3 heteroatoms. The van der Waals surface area contributed by atoms with Crippen LogP contribution in [0.25, 0.3) is 21.9 Å². The second-order valence-electron chi connectivity index (χ2n) is 7.98. The molecule has 3 aromatic rings. The van der Waals surface area contributed by atoms with Crippen molar-refractivity contribution < 1.29 is 13.5 Å². The van der Waals surface area contributed by atoms with Crippen LogP contribution in [0.4, 0.5) is 8.78 Å². The van der Waals surface area contributed by atoms with Crippen molar-refractivity contribution in [2.24, 2.45) is 0 Å². The van der Waals surface area contributed by atoms with Gasteiger partial charge in [0.25, 0.3) is 0 Å². The molecule has 0 saturated heterocycles. The van der Waals surface area contributed by atoms with Gasteiger partial charge in [0.1, 0.15) is 5.75 Å². The normalized spacial score (nSPS) is 15.3. The zero-order valence-corrected chi connectivity index (χ0v) is 15.5. The minimum Gasteiger partial charge on any atom is -0.428 e. The Morgan fingerprint density at radius 1 is 0.923 bits per heavy atom. The highest BCUT2D eigenvalue weighted by molar-refractivity contribution is 5.94. The summed E-state index contributed by atoms with van der Waals surface area (Å²) >= 11 is 0. The number of aryl methyl sites for hydroxylation is 1. The van der Waals surface area contributed by atoms with Crippen LogP contribution in [0.5, 0.6) is 5.75 Å². The van der Waals surface area contributed by atoms with Crippen LogP contribution >= 0.6 is 0 Å². The van der Waals surface area contributed by atoms with Crippen LogP contribution < -0.4 is 4.74 Å². The Hall–Kier alpha value is -2.42. The molecule has 0 N–H and O–H groups in total. The van der Waals surface area contributed by atoms with Gasteiger partial charge in [-0.3, -0.25) is 0 Å². The number of ether oxygens (including phenoxy) is 1. The fraction of sp³-hybridized carbons (Fsp3) is 0.304. The van der Waals surface area contributed by atoms with E-state index in [2.05, 4.69) is 27.7 Å². The van der Waals surface area contributed by atoms with Crippen LogP contribution in [0.15, 0.2) is 48.5 Å². The Morgan fingerprint density at radius 3 is 2.35 bits per heavy atom. The van der Waals surface area contributed by atoms with Crippen molar-refractivity contribution in [3.05, 3.63) is 65.2 Å². The smallest absolute Gasteiger partial charge is 0.427 e. The molecule has 0 atom stereocenters. The van der Waals surface area contributed by atoms with Crippen molar-refractivity contribution in [1.29, 1.82) is 0 Å². The highest BCUT2D eigenvalue weighted by Gasteiger charge is 2.43. The predicted octanol–water partition coefficient (Wildman–Crippen LogP) is 6.81. The van der Waals surface area contributed by atoms with E-state index in [0.29, 0.717) is 10.9 Å². The first kappa shape index (κ1) is 17.0. The van der Waals surface area contributed by atoms with Crippen molar-refractivity contribution in [3.8, 4) is 16.9 Å². The lowest BCUT2D eigenvalue weighted by molar-refractivity contribution is -0.185. The molecule has 0 fully saturated rings. The molecule has 0 amide bonds. The Bertz CT molecular complexity index is 1010. The van der Waals surface area contributed by atoms with Gasteiger partial charge in [0.2, 0.25) is 0 Å². The fourth-order valence-electron chi connectivity index (χ4n) is 3.62. The number of benzene rings is 3. The topological polar surface area (TPSA) is 9.23 Å². The summed E-state index contributed by atoms with van der Waals surface area (Å²) in [6, 6.07) is 15.0. The van der Waals surface area contributed by atoms with Gasteiger partial charge < -0.3 is 4.74 Å². The van der Waals surface area contributed by atoms with Crippen LogP contribution in [-0.4, -0.2) is 0 Å². The van der Waals surface area contributed by atoms with Crippen molar-refractivity contribution >= 4 is 10.8 Å². The number of rotatable bonds is 1. The average molecular weight is 352 g/mol. The maximum absolute atomic E-state index is 15.0. The number of hydrogen-bond acceptors (Lipinski definition) is 1. The third kappa shape index (κ3) is 2.57. The van der Waals surface area contributed by atoms with Crippen LogP contribution in [0.3, 0.4) is 0 Å². The zero-order valence-electron chi connectivity index (χ0n) is 15.5. The Labute approximate surface area is 152 Å². The summed E-state index contributed by atoms with van der Waals surface area (Å²) in [7, 11) is 0. The number of fused-ring (bicyclic) bond motifs is 5. The summed E-state index contributed by atoms with van der Waals surface area (Å²) in [4.78, 5) is 0. The number of hydrogen-bond donors (Lipinski definition) is 0. The monoisotopic (exact) mass is 352 g/mol. The molecule has 1 nitrogen and oxygen atoms in total. The molecule has 1 heterocycles. The largest absolute Gasteiger partial charge is 0.428 e. The molecule has 0 saturated carbocycles. The number of halogens is 2. The van der Waals surface area contributed by atoms with Gasteiger partial charge >= 0.3 is 6.11 Å². The van der Waals surface area contributed by atoms with Crippen molar-refractivity contribution in [1.82, 2.24) is 0 Å². The summed E-state index contributed by atoms with van der Waals surface area (Å²) in [5.74, 6) is 0.249. The van der Waals surface area contributed by atoms with Crippen molar-refractivity contribution in [2.45, 2.75) is 45.6 Å². The van der Waals surface area contributed by atoms with Gasteiger partial charge in [-0.2, -0.15) is 8.78 Å². The summed E-state index contributed by atoms with van der Waals surface area (Å²) < 4.78 is 35.2. The summed E-state index contributed by atoms with van der Waals surface area (Å²) in [6.45, 7) is 8.23. The lowest BCUT2D eigenvalue weighted by Gasteiger charge is -2.30. The Kier molecular flexibility index (Phi) is 3.62. The zero-order chi connectivity index (χ0) is 18.7. The highest BCUT2D eigenvalue weighted by atomic mass is 19.3. The molecule has 4 rings (SSSR count). The van der Waals surface area contributed by atoms with E-state index in [-0.39, 0.29) is 16.7 Å². The fourth-order valence-corrected chi connectivity index (χ4v) is 3.62. The van der Waals surface area contributed by atoms with Gasteiger partial charge in [-0.25, -0.2) is 0 Å². The summed E-state index contributed by atoms with van der Waals surface area (Å²) in [5, 5.41) is 1.37. The molecule has 134 valence electrons. The Balaban J connectivity index is 1.99. The molecule has 26 heavy (non-hydrogen) atoms. The molecule has 3 aromatic carbocycles. The molecule has 0 unspecified atom stereocenters. The van der Waals surface area contributed by atoms with E-state index in [4.69, 9.17) is 4.74 Å². The molecule has 0 radical (unpaired) electrons. The molecular weight excluding hydrogens is 330 g/mol. The molecule has 0 aromatic heterocycles. The number of alkyl halides is 2. The second kappa shape index (κ2) is 5.54. The Morgan fingerprint density at radius 2 is 1.65 bits per heavy atom. The van der Waals surface area contributed by atoms with Crippen LogP contribution in [0.2, 0.25) is 0 Å². The third-order valence-corrected chi connectivity index (χ3v) is 5.16. The van der Waals surface area contributed by atoms with E-state index in [0.717, 1.165) is 28.5 Å². The standard InChI is InChI=1S/C23H22F2O/c1-5-14-6-9-17-15(12-14)7-10-19-18-11-8-16(22(2,3)4)13-20(18)26-23(24,25)21(17)19/h6-13H,5H2,1-4H3. The average Bonchev–Trinajstić information content (AvgIpc) is 2.58. The predicted molar refractivity (Wildman–Crippen MR) is 102 cm³/mol. The van der Waals surface area contributed by atoms with Gasteiger partial charge in [0.05, 0.1) is 5.56 Å².